The number of carbonyl (C=O) groups is 1. The normalized spacial score (nSPS) is 16.5. The summed E-state index contributed by atoms with van der Waals surface area (Å²) in [5, 5.41) is 6.55. The Hall–Kier alpha value is -2.55. The molecule has 9 heteroatoms. The van der Waals surface area contributed by atoms with Crippen LogP contribution in [-0.4, -0.2) is 52.2 Å². The van der Waals surface area contributed by atoms with Crippen LogP contribution < -0.4 is 5.32 Å². The lowest BCUT2D eigenvalue weighted by atomic mass is 10.2. The highest BCUT2D eigenvalue weighted by Gasteiger charge is 2.24. The van der Waals surface area contributed by atoms with Crippen molar-refractivity contribution in [3.8, 4) is 0 Å². The molecule has 1 aliphatic rings. The summed E-state index contributed by atoms with van der Waals surface area (Å²) >= 11 is 0. The predicted molar refractivity (Wildman–Crippen MR) is 89.2 cm³/mol. The first-order valence-corrected chi connectivity index (χ1v) is 8.44. The van der Waals surface area contributed by atoms with Crippen molar-refractivity contribution >= 4 is 6.03 Å². The molecule has 0 unspecified atom stereocenters. The summed E-state index contributed by atoms with van der Waals surface area (Å²) in [4.78, 5) is 20.3. The molecule has 26 heavy (non-hydrogen) atoms. The zero-order valence-electron chi connectivity index (χ0n) is 14.7. The van der Waals surface area contributed by atoms with E-state index in [1.165, 1.54) is 6.07 Å². The van der Waals surface area contributed by atoms with Crippen molar-refractivity contribution in [1.82, 2.24) is 25.3 Å². The van der Waals surface area contributed by atoms with E-state index in [9.17, 15) is 13.6 Å². The molecule has 1 aromatic heterocycles. The number of piperazine rings is 1. The number of nitrogens with zero attached hydrogens (tertiary/aromatic N) is 4. The van der Waals surface area contributed by atoms with E-state index in [2.05, 4.69) is 20.4 Å². The Morgan fingerprint density at radius 1 is 1.27 bits per heavy atom. The molecule has 0 bridgehead atoms. The molecule has 140 valence electrons. The number of aromatic nitrogens is 2. The van der Waals surface area contributed by atoms with Gasteiger partial charge in [-0.15, -0.1) is 0 Å². The molecule has 2 amide bonds. The molecule has 0 spiro atoms. The number of aryl methyl sites for hydroxylation is 1. The Labute approximate surface area is 150 Å². The van der Waals surface area contributed by atoms with Crippen LogP contribution in [0.4, 0.5) is 13.6 Å². The van der Waals surface area contributed by atoms with Crippen LogP contribution in [0.2, 0.25) is 0 Å². The maximum absolute atomic E-state index is 13.3. The summed E-state index contributed by atoms with van der Waals surface area (Å²) in [6.45, 7) is 6.42. The highest BCUT2D eigenvalue weighted by molar-refractivity contribution is 5.74. The molecule has 1 aliphatic heterocycles. The Morgan fingerprint density at radius 3 is 2.62 bits per heavy atom. The van der Waals surface area contributed by atoms with Gasteiger partial charge in [-0.1, -0.05) is 11.2 Å². The van der Waals surface area contributed by atoms with E-state index in [1.807, 2.05) is 0 Å². The van der Waals surface area contributed by atoms with Gasteiger partial charge >= 0.3 is 6.03 Å². The van der Waals surface area contributed by atoms with Crippen LogP contribution in [0, 0.1) is 18.6 Å². The lowest BCUT2D eigenvalue weighted by Crippen LogP contribution is -2.51. The summed E-state index contributed by atoms with van der Waals surface area (Å²) in [6.07, 6.45) is 0. The number of benzene rings is 1. The number of amides is 2. The second kappa shape index (κ2) is 7.77. The molecule has 1 aromatic carbocycles. The monoisotopic (exact) mass is 365 g/mol. The molecule has 2 heterocycles. The number of urea groups is 1. The largest absolute Gasteiger partial charge is 0.337 e. The van der Waals surface area contributed by atoms with Crippen LogP contribution in [0.3, 0.4) is 0 Å². The SMILES string of the molecule is Cc1noc([C@@H](C)NC(=O)N2CCN(Cc3ccc(F)c(F)c3)CC2)n1. The van der Waals surface area contributed by atoms with Crippen LogP contribution in [0.25, 0.3) is 0 Å². The van der Waals surface area contributed by atoms with E-state index >= 15 is 0 Å². The van der Waals surface area contributed by atoms with Crippen LogP contribution >= 0.6 is 0 Å². The molecule has 7 nitrogen and oxygen atoms in total. The zero-order chi connectivity index (χ0) is 18.7. The Balaban J connectivity index is 1.48. The topological polar surface area (TPSA) is 74.5 Å². The molecule has 1 fully saturated rings. The standard InChI is InChI=1S/C17H21F2N5O2/c1-11(16-21-12(2)22-26-16)20-17(25)24-7-5-23(6-8-24)10-13-3-4-14(18)15(19)9-13/h3-4,9,11H,5-8,10H2,1-2H3,(H,20,25)/t11-/m1/s1. The number of hydrogen-bond acceptors (Lipinski definition) is 5. The first-order valence-electron chi connectivity index (χ1n) is 8.44. The molecule has 1 saturated heterocycles. The van der Waals surface area contributed by atoms with Gasteiger partial charge in [0.2, 0.25) is 5.89 Å². The molecule has 0 radical (unpaired) electrons. The van der Waals surface area contributed by atoms with Crippen molar-refractivity contribution in [2.24, 2.45) is 0 Å². The minimum Gasteiger partial charge on any atom is -0.337 e. The van der Waals surface area contributed by atoms with Crippen LogP contribution in [0.1, 0.15) is 30.2 Å². The van der Waals surface area contributed by atoms with Gasteiger partial charge in [-0.05, 0) is 31.5 Å². The minimum absolute atomic E-state index is 0.194. The fourth-order valence-corrected chi connectivity index (χ4v) is 2.83. The second-order valence-electron chi connectivity index (χ2n) is 6.36. The number of halogens is 2. The van der Waals surface area contributed by atoms with E-state index in [1.54, 1.807) is 24.8 Å². The van der Waals surface area contributed by atoms with Gasteiger partial charge < -0.3 is 14.7 Å². The van der Waals surface area contributed by atoms with Crippen molar-refractivity contribution in [3.05, 3.63) is 47.1 Å². The molecule has 0 saturated carbocycles. The highest BCUT2D eigenvalue weighted by Crippen LogP contribution is 2.14. The Bertz CT molecular complexity index is 774. The third-order valence-electron chi connectivity index (χ3n) is 4.30. The molecule has 1 atom stereocenters. The first kappa shape index (κ1) is 18.2. The predicted octanol–water partition coefficient (Wildman–Crippen LogP) is 2.24. The first-order chi connectivity index (χ1) is 12.4. The summed E-state index contributed by atoms with van der Waals surface area (Å²) < 4.78 is 31.3. The van der Waals surface area contributed by atoms with Crippen molar-refractivity contribution in [2.45, 2.75) is 26.4 Å². The molecule has 3 rings (SSSR count). The van der Waals surface area contributed by atoms with Gasteiger partial charge in [0.25, 0.3) is 0 Å². The number of carbonyl (C=O) groups excluding carboxylic acids is 1. The lowest BCUT2D eigenvalue weighted by Gasteiger charge is -2.35. The van der Waals surface area contributed by atoms with Crippen molar-refractivity contribution in [1.29, 1.82) is 0 Å². The Kier molecular flexibility index (Phi) is 5.46. The van der Waals surface area contributed by atoms with Gasteiger partial charge in [-0.2, -0.15) is 4.98 Å². The van der Waals surface area contributed by atoms with Gasteiger partial charge in [-0.25, -0.2) is 13.6 Å². The van der Waals surface area contributed by atoms with E-state index in [-0.39, 0.29) is 12.1 Å². The quantitative estimate of drug-likeness (QED) is 0.900. The average Bonchev–Trinajstić information content (AvgIpc) is 3.05. The minimum atomic E-state index is -0.846. The smallest absolute Gasteiger partial charge is 0.318 e. The van der Waals surface area contributed by atoms with Gasteiger partial charge in [-0.3, -0.25) is 4.90 Å². The zero-order valence-corrected chi connectivity index (χ0v) is 14.7. The second-order valence-corrected chi connectivity index (χ2v) is 6.36. The average molecular weight is 365 g/mol. The van der Waals surface area contributed by atoms with Gasteiger partial charge in [0.05, 0.1) is 0 Å². The summed E-state index contributed by atoms with van der Waals surface area (Å²) in [7, 11) is 0. The van der Waals surface area contributed by atoms with Crippen molar-refractivity contribution in [2.75, 3.05) is 26.2 Å². The molecular weight excluding hydrogens is 344 g/mol. The number of nitrogens with one attached hydrogen (secondary N) is 1. The van der Waals surface area contributed by atoms with E-state index in [4.69, 9.17) is 4.52 Å². The van der Waals surface area contributed by atoms with Crippen LogP contribution in [0.5, 0.6) is 0 Å². The summed E-state index contributed by atoms with van der Waals surface area (Å²) in [5.41, 5.74) is 0.710. The summed E-state index contributed by atoms with van der Waals surface area (Å²) in [5.74, 6) is -0.800. The molecular formula is C17H21F2N5O2. The molecule has 1 N–H and O–H groups in total. The van der Waals surface area contributed by atoms with Gasteiger partial charge in [0, 0.05) is 32.7 Å². The van der Waals surface area contributed by atoms with Gasteiger partial charge in [0.15, 0.2) is 17.5 Å². The molecule has 0 aliphatic carbocycles. The van der Waals surface area contributed by atoms with Crippen LogP contribution in [-0.2, 0) is 6.54 Å². The third-order valence-corrected chi connectivity index (χ3v) is 4.30. The lowest BCUT2D eigenvalue weighted by molar-refractivity contribution is 0.132. The number of rotatable bonds is 4. The van der Waals surface area contributed by atoms with Gasteiger partial charge in [0.1, 0.15) is 6.04 Å². The van der Waals surface area contributed by atoms with E-state index in [0.29, 0.717) is 50.0 Å². The van der Waals surface area contributed by atoms with E-state index < -0.39 is 11.6 Å². The highest BCUT2D eigenvalue weighted by atomic mass is 19.2. The fraction of sp³-hybridized carbons (Fsp3) is 0.471. The summed E-state index contributed by atoms with van der Waals surface area (Å²) in [6, 6.07) is 3.35. The Morgan fingerprint density at radius 2 is 2.00 bits per heavy atom. The van der Waals surface area contributed by atoms with Crippen LogP contribution in [0.15, 0.2) is 22.7 Å². The van der Waals surface area contributed by atoms with E-state index in [0.717, 1.165) is 6.07 Å². The van der Waals surface area contributed by atoms with Crippen molar-refractivity contribution in [3.63, 3.8) is 0 Å². The maximum atomic E-state index is 13.3. The fourth-order valence-electron chi connectivity index (χ4n) is 2.83. The number of hydrogen-bond donors (Lipinski definition) is 1. The third kappa shape index (κ3) is 4.34. The maximum Gasteiger partial charge on any atom is 0.318 e. The molecule has 2 aromatic rings. The van der Waals surface area contributed by atoms with Crippen molar-refractivity contribution < 1.29 is 18.1 Å².